The molecule has 4 nitrogen and oxygen atoms in total. The predicted octanol–water partition coefficient (Wildman–Crippen LogP) is 3.52. The predicted molar refractivity (Wildman–Crippen MR) is 103 cm³/mol. The van der Waals surface area contributed by atoms with Crippen molar-refractivity contribution in [2.24, 2.45) is 0 Å². The molecular weight excluding hydrogens is 310 g/mol. The zero-order chi connectivity index (χ0) is 17.2. The van der Waals surface area contributed by atoms with Gasteiger partial charge in [0.1, 0.15) is 0 Å². The second-order valence-electron chi connectivity index (χ2n) is 6.96. The topological polar surface area (TPSA) is 48.1 Å². The molecule has 1 aliphatic rings. The van der Waals surface area contributed by atoms with Crippen LogP contribution < -0.4 is 10.9 Å². The molecule has 2 heterocycles. The number of rotatable bonds is 4. The van der Waals surface area contributed by atoms with Crippen LogP contribution >= 0.6 is 0 Å². The first-order chi connectivity index (χ1) is 12.2. The second-order valence-corrected chi connectivity index (χ2v) is 6.96. The van der Waals surface area contributed by atoms with Crippen LogP contribution in [0.25, 0.3) is 10.8 Å². The Labute approximate surface area is 147 Å². The Morgan fingerprint density at radius 1 is 1.16 bits per heavy atom. The van der Waals surface area contributed by atoms with E-state index in [-0.39, 0.29) is 5.56 Å². The molecule has 1 atom stereocenters. The van der Waals surface area contributed by atoms with Gasteiger partial charge < -0.3 is 10.3 Å². The van der Waals surface area contributed by atoms with Gasteiger partial charge in [0.2, 0.25) is 0 Å². The molecule has 1 saturated heterocycles. The van der Waals surface area contributed by atoms with Crippen molar-refractivity contribution in [3.8, 4) is 0 Å². The van der Waals surface area contributed by atoms with E-state index in [0.717, 1.165) is 42.5 Å². The quantitative estimate of drug-likeness (QED) is 0.768. The SMILES string of the molecule is Cc1ccc(CN2CCC(Nc3ccc4c(=O)[nH]ccc4c3)C2)cc1. The van der Waals surface area contributed by atoms with E-state index in [0.29, 0.717) is 6.04 Å². The number of aromatic nitrogens is 1. The molecule has 4 heteroatoms. The number of hydrogen-bond donors (Lipinski definition) is 2. The summed E-state index contributed by atoms with van der Waals surface area (Å²) in [5.74, 6) is 0. The van der Waals surface area contributed by atoms with Crippen LogP contribution in [0.1, 0.15) is 17.5 Å². The Balaban J connectivity index is 1.40. The Morgan fingerprint density at radius 2 is 2.00 bits per heavy atom. The van der Waals surface area contributed by atoms with Crippen molar-refractivity contribution in [1.29, 1.82) is 0 Å². The highest BCUT2D eigenvalue weighted by Gasteiger charge is 2.22. The number of nitrogens with one attached hydrogen (secondary N) is 2. The third kappa shape index (κ3) is 3.59. The second kappa shape index (κ2) is 6.73. The fraction of sp³-hybridized carbons (Fsp3) is 0.286. The number of aromatic amines is 1. The fourth-order valence-electron chi connectivity index (χ4n) is 3.56. The summed E-state index contributed by atoms with van der Waals surface area (Å²) >= 11 is 0. The Kier molecular flexibility index (Phi) is 4.28. The zero-order valence-corrected chi connectivity index (χ0v) is 14.5. The third-order valence-corrected chi connectivity index (χ3v) is 4.94. The minimum absolute atomic E-state index is 0.0332. The molecule has 2 N–H and O–H groups in total. The van der Waals surface area contributed by atoms with Gasteiger partial charge >= 0.3 is 0 Å². The van der Waals surface area contributed by atoms with Crippen molar-refractivity contribution >= 4 is 16.5 Å². The molecule has 2 aromatic carbocycles. The summed E-state index contributed by atoms with van der Waals surface area (Å²) < 4.78 is 0. The summed E-state index contributed by atoms with van der Waals surface area (Å²) in [5.41, 5.74) is 3.73. The standard InChI is InChI=1S/C21H23N3O/c1-15-2-4-16(5-3-15)13-24-11-9-19(14-24)23-18-6-7-20-17(12-18)8-10-22-21(20)25/h2-8,10,12,19,23H,9,11,13-14H2,1H3,(H,22,25). The van der Waals surface area contributed by atoms with E-state index >= 15 is 0 Å². The number of H-pyrrole nitrogens is 1. The third-order valence-electron chi connectivity index (χ3n) is 4.94. The summed E-state index contributed by atoms with van der Waals surface area (Å²) in [7, 11) is 0. The number of likely N-dealkylation sites (tertiary alicyclic amines) is 1. The molecule has 25 heavy (non-hydrogen) atoms. The average molecular weight is 333 g/mol. The molecule has 0 amide bonds. The number of hydrogen-bond acceptors (Lipinski definition) is 3. The van der Waals surface area contributed by atoms with Crippen molar-refractivity contribution in [2.75, 3.05) is 18.4 Å². The summed E-state index contributed by atoms with van der Waals surface area (Å²) in [5, 5.41) is 5.34. The average Bonchev–Trinajstić information content (AvgIpc) is 3.04. The minimum Gasteiger partial charge on any atom is -0.381 e. The molecular formula is C21H23N3O. The molecule has 4 rings (SSSR count). The Morgan fingerprint density at radius 3 is 2.84 bits per heavy atom. The lowest BCUT2D eigenvalue weighted by molar-refractivity contribution is 0.328. The number of fused-ring (bicyclic) bond motifs is 1. The van der Waals surface area contributed by atoms with Crippen LogP contribution in [0.3, 0.4) is 0 Å². The van der Waals surface area contributed by atoms with Crippen LogP contribution in [0, 0.1) is 6.92 Å². The highest BCUT2D eigenvalue weighted by atomic mass is 16.1. The molecule has 0 radical (unpaired) electrons. The van der Waals surface area contributed by atoms with E-state index in [4.69, 9.17) is 0 Å². The highest BCUT2D eigenvalue weighted by Crippen LogP contribution is 2.21. The monoisotopic (exact) mass is 333 g/mol. The van der Waals surface area contributed by atoms with Crippen LogP contribution in [0.4, 0.5) is 5.69 Å². The van der Waals surface area contributed by atoms with E-state index in [1.165, 1.54) is 11.1 Å². The lowest BCUT2D eigenvalue weighted by Gasteiger charge is -2.18. The molecule has 1 aliphatic heterocycles. The summed E-state index contributed by atoms with van der Waals surface area (Å²) in [6.07, 6.45) is 2.84. The summed E-state index contributed by atoms with van der Waals surface area (Å²) in [6, 6.07) is 17.2. The first-order valence-electron chi connectivity index (χ1n) is 8.83. The molecule has 128 valence electrons. The molecule has 0 saturated carbocycles. The first-order valence-corrected chi connectivity index (χ1v) is 8.83. The van der Waals surface area contributed by atoms with E-state index in [1.54, 1.807) is 6.20 Å². The first kappa shape index (κ1) is 15.9. The molecule has 0 spiro atoms. The van der Waals surface area contributed by atoms with Gasteiger partial charge in [-0.15, -0.1) is 0 Å². The Bertz CT molecular complexity index is 930. The van der Waals surface area contributed by atoms with Crippen molar-refractivity contribution in [2.45, 2.75) is 25.9 Å². The van der Waals surface area contributed by atoms with Crippen molar-refractivity contribution in [1.82, 2.24) is 9.88 Å². The van der Waals surface area contributed by atoms with Gasteiger partial charge in [0.05, 0.1) is 0 Å². The maximum atomic E-state index is 11.8. The van der Waals surface area contributed by atoms with Gasteiger partial charge in [-0.25, -0.2) is 0 Å². The van der Waals surface area contributed by atoms with Crippen LogP contribution in [-0.2, 0) is 6.54 Å². The van der Waals surface area contributed by atoms with E-state index < -0.39 is 0 Å². The number of nitrogens with zero attached hydrogens (tertiary/aromatic N) is 1. The largest absolute Gasteiger partial charge is 0.381 e. The maximum absolute atomic E-state index is 11.8. The van der Waals surface area contributed by atoms with E-state index in [9.17, 15) is 4.79 Å². The van der Waals surface area contributed by atoms with Gasteiger partial charge in [-0.2, -0.15) is 0 Å². The van der Waals surface area contributed by atoms with Gasteiger partial charge in [0, 0.05) is 42.9 Å². The molecule has 1 aromatic heterocycles. The molecule has 1 fully saturated rings. The molecule has 0 aliphatic carbocycles. The van der Waals surface area contributed by atoms with Crippen LogP contribution in [0.15, 0.2) is 59.5 Å². The van der Waals surface area contributed by atoms with Gasteiger partial charge in [-0.3, -0.25) is 9.69 Å². The minimum atomic E-state index is -0.0332. The fourth-order valence-corrected chi connectivity index (χ4v) is 3.56. The van der Waals surface area contributed by atoms with Crippen LogP contribution in [-0.4, -0.2) is 29.0 Å². The highest BCUT2D eigenvalue weighted by molar-refractivity contribution is 5.84. The number of aryl methyl sites for hydroxylation is 1. The van der Waals surface area contributed by atoms with Crippen LogP contribution in [0.2, 0.25) is 0 Å². The number of benzene rings is 2. The smallest absolute Gasteiger partial charge is 0.255 e. The normalized spacial score (nSPS) is 17.9. The van der Waals surface area contributed by atoms with Crippen molar-refractivity contribution < 1.29 is 0 Å². The zero-order valence-electron chi connectivity index (χ0n) is 14.5. The van der Waals surface area contributed by atoms with Crippen molar-refractivity contribution in [3.63, 3.8) is 0 Å². The van der Waals surface area contributed by atoms with E-state index in [1.807, 2.05) is 18.2 Å². The van der Waals surface area contributed by atoms with E-state index in [2.05, 4.69) is 52.5 Å². The van der Waals surface area contributed by atoms with Gasteiger partial charge in [0.15, 0.2) is 0 Å². The molecule has 1 unspecified atom stereocenters. The number of anilines is 1. The summed E-state index contributed by atoms with van der Waals surface area (Å²) in [6.45, 7) is 5.28. The number of pyridine rings is 1. The van der Waals surface area contributed by atoms with Gasteiger partial charge in [-0.1, -0.05) is 29.8 Å². The van der Waals surface area contributed by atoms with Gasteiger partial charge in [-0.05, 0) is 48.6 Å². The maximum Gasteiger partial charge on any atom is 0.255 e. The van der Waals surface area contributed by atoms with Crippen LogP contribution in [0.5, 0.6) is 0 Å². The Hall–Kier alpha value is -2.59. The molecule has 3 aromatic rings. The lowest BCUT2D eigenvalue weighted by Crippen LogP contribution is -2.26. The van der Waals surface area contributed by atoms with Gasteiger partial charge in [0.25, 0.3) is 5.56 Å². The lowest BCUT2D eigenvalue weighted by atomic mass is 10.1. The summed E-state index contributed by atoms with van der Waals surface area (Å²) in [4.78, 5) is 17.0. The van der Waals surface area contributed by atoms with Crippen molar-refractivity contribution in [3.05, 3.63) is 76.2 Å². The molecule has 0 bridgehead atoms.